The number of aliphatic hydroxyl groups excluding tert-OH is 3. The third-order valence-electron chi connectivity index (χ3n) is 3.47. The highest BCUT2D eigenvalue weighted by atomic mass is 32.1. The van der Waals surface area contributed by atoms with E-state index in [1.54, 1.807) is 23.6 Å². The Kier molecular flexibility index (Phi) is 6.03. The topological polar surface area (TPSA) is 105 Å². The molecule has 0 radical (unpaired) electrons. The maximum atomic E-state index is 11.8. The molecule has 1 aliphatic heterocycles. The van der Waals surface area contributed by atoms with Crippen LogP contribution in [0.1, 0.15) is 5.56 Å². The first-order chi connectivity index (χ1) is 11.0. The molecule has 0 aliphatic carbocycles. The first kappa shape index (κ1) is 17.8. The fourth-order valence-corrected chi connectivity index (χ4v) is 2.40. The molecule has 3 N–H and O–H groups in total. The van der Waals surface area contributed by atoms with Gasteiger partial charge in [-0.25, -0.2) is 0 Å². The molecule has 1 aliphatic rings. The number of aliphatic hydroxyl groups is 3. The van der Waals surface area contributed by atoms with E-state index >= 15 is 0 Å². The number of thiocarbonyl (C=S) groups is 1. The first-order valence-electron chi connectivity index (χ1n) is 6.95. The maximum Gasteiger partial charge on any atom is 0.234 e. The van der Waals surface area contributed by atoms with Crippen molar-refractivity contribution in [2.45, 2.75) is 31.0 Å². The van der Waals surface area contributed by atoms with Crippen LogP contribution >= 0.6 is 12.2 Å². The molecule has 1 aromatic carbocycles. The van der Waals surface area contributed by atoms with E-state index in [0.29, 0.717) is 12.2 Å². The fraction of sp³-hybridized carbons (Fsp3) is 0.467. The van der Waals surface area contributed by atoms with Crippen molar-refractivity contribution in [2.75, 3.05) is 13.7 Å². The molecule has 1 saturated heterocycles. The second-order valence-electron chi connectivity index (χ2n) is 4.99. The minimum absolute atomic E-state index is 0.255. The van der Waals surface area contributed by atoms with E-state index < -0.39 is 37.0 Å². The molecule has 0 saturated carbocycles. The summed E-state index contributed by atoms with van der Waals surface area (Å²) in [7, 11) is 1.45. The summed E-state index contributed by atoms with van der Waals surface area (Å²) < 4.78 is 16.0. The molecule has 1 fully saturated rings. The zero-order valence-electron chi connectivity index (χ0n) is 12.4. The van der Waals surface area contributed by atoms with Crippen LogP contribution in [-0.2, 0) is 16.0 Å². The van der Waals surface area contributed by atoms with E-state index in [2.05, 4.69) is 0 Å². The Balaban J connectivity index is 2.20. The van der Waals surface area contributed by atoms with Gasteiger partial charge in [0, 0.05) is 6.42 Å². The van der Waals surface area contributed by atoms with Crippen LogP contribution in [0.25, 0.3) is 0 Å². The number of Topliss-reactive ketones (excluding diaryl/α,β-unsaturated/α-hetero) is 1. The first-order valence-corrected chi connectivity index (χ1v) is 7.42. The van der Waals surface area contributed by atoms with Crippen LogP contribution in [0.4, 0.5) is 0 Å². The second kappa shape index (κ2) is 7.80. The smallest absolute Gasteiger partial charge is 0.234 e. The van der Waals surface area contributed by atoms with Crippen LogP contribution in [0, 0.1) is 0 Å². The largest absolute Gasteiger partial charge is 0.493 e. The van der Waals surface area contributed by atoms with Gasteiger partial charge in [0.1, 0.15) is 12.2 Å². The summed E-state index contributed by atoms with van der Waals surface area (Å²) in [4.78, 5) is 11.8. The molecule has 126 valence electrons. The molecule has 0 unspecified atom stereocenters. The third-order valence-corrected chi connectivity index (χ3v) is 3.64. The van der Waals surface area contributed by atoms with Crippen LogP contribution in [0.3, 0.4) is 0 Å². The van der Waals surface area contributed by atoms with Gasteiger partial charge in [-0.15, -0.1) is 0 Å². The van der Waals surface area contributed by atoms with Gasteiger partial charge in [-0.3, -0.25) is 4.79 Å². The lowest BCUT2D eigenvalue weighted by Gasteiger charge is -2.35. The maximum absolute atomic E-state index is 11.8. The quantitative estimate of drug-likeness (QED) is 0.601. The standard InChI is InChI=1S/C15H18O7S/c1-20-10-6-8(4-5-23)2-3-9(10)21-15-14(19)13(18)12(17)11(7-16)22-15/h2-3,5-6,11-12,14-17,19H,4,7H2,1H3/t11-,12-,14-,15-/m1/s1. The van der Waals surface area contributed by atoms with Crippen molar-refractivity contribution in [1.29, 1.82) is 0 Å². The summed E-state index contributed by atoms with van der Waals surface area (Å²) >= 11 is 4.81. The summed E-state index contributed by atoms with van der Waals surface area (Å²) in [6.07, 6.45) is -5.20. The predicted molar refractivity (Wildman–Crippen MR) is 83.7 cm³/mol. The van der Waals surface area contributed by atoms with Crippen molar-refractivity contribution in [3.63, 3.8) is 0 Å². The lowest BCUT2D eigenvalue weighted by atomic mass is 10.0. The fourth-order valence-electron chi connectivity index (χ4n) is 2.21. The highest BCUT2D eigenvalue weighted by Gasteiger charge is 2.44. The normalized spacial score (nSPS) is 27.6. The highest BCUT2D eigenvalue weighted by Crippen LogP contribution is 2.31. The van der Waals surface area contributed by atoms with Crippen LogP contribution in [-0.4, -0.2) is 64.8 Å². The number of ketones is 1. The number of rotatable bonds is 6. The SMILES string of the molecule is COc1cc(CC=S)ccc1O[C@@H]1O[C@H](CO)[C@@H](O)C(=O)[C@H]1O. The number of carbonyl (C=O) groups excluding carboxylic acids is 1. The van der Waals surface area contributed by atoms with Crippen LogP contribution in [0.2, 0.25) is 0 Å². The summed E-state index contributed by atoms with van der Waals surface area (Å²) in [5.74, 6) is -0.226. The van der Waals surface area contributed by atoms with Crippen molar-refractivity contribution in [3.8, 4) is 11.5 Å². The van der Waals surface area contributed by atoms with Crippen LogP contribution in [0.5, 0.6) is 11.5 Å². The minimum atomic E-state index is -1.67. The molecule has 1 heterocycles. The van der Waals surface area contributed by atoms with Gasteiger partial charge in [0.15, 0.2) is 23.4 Å². The van der Waals surface area contributed by atoms with Gasteiger partial charge in [-0.1, -0.05) is 18.3 Å². The van der Waals surface area contributed by atoms with Crippen molar-refractivity contribution in [1.82, 2.24) is 0 Å². The van der Waals surface area contributed by atoms with Gasteiger partial charge >= 0.3 is 0 Å². The Morgan fingerprint density at radius 3 is 2.65 bits per heavy atom. The van der Waals surface area contributed by atoms with Crippen LogP contribution < -0.4 is 9.47 Å². The third kappa shape index (κ3) is 3.85. The highest BCUT2D eigenvalue weighted by molar-refractivity contribution is 7.78. The molecule has 4 atom stereocenters. The molecule has 1 aromatic rings. The summed E-state index contributed by atoms with van der Waals surface area (Å²) in [5, 5.41) is 30.2. The lowest BCUT2D eigenvalue weighted by molar-refractivity contribution is -0.229. The Morgan fingerprint density at radius 1 is 1.30 bits per heavy atom. The van der Waals surface area contributed by atoms with Crippen molar-refractivity contribution < 1.29 is 34.3 Å². The van der Waals surface area contributed by atoms with Crippen molar-refractivity contribution in [2.24, 2.45) is 0 Å². The Hall–Kier alpha value is -1.58. The number of hydrogen-bond acceptors (Lipinski definition) is 8. The van der Waals surface area contributed by atoms with Gasteiger partial charge in [-0.05, 0) is 23.1 Å². The molecule has 7 nitrogen and oxygen atoms in total. The van der Waals surface area contributed by atoms with Crippen LogP contribution in [0.15, 0.2) is 18.2 Å². The molecular weight excluding hydrogens is 324 g/mol. The summed E-state index contributed by atoms with van der Waals surface area (Å²) in [5.41, 5.74) is 0.911. The van der Waals surface area contributed by atoms with Gasteiger partial charge in [0.25, 0.3) is 0 Å². The van der Waals surface area contributed by atoms with Gasteiger partial charge in [0.05, 0.1) is 13.7 Å². The van der Waals surface area contributed by atoms with E-state index in [9.17, 15) is 15.0 Å². The summed E-state index contributed by atoms with van der Waals surface area (Å²) in [6, 6.07) is 5.08. The van der Waals surface area contributed by atoms with Crippen molar-refractivity contribution >= 4 is 23.4 Å². The number of hydrogen-bond donors (Lipinski definition) is 3. The Morgan fingerprint density at radius 2 is 2.04 bits per heavy atom. The van der Waals surface area contributed by atoms with E-state index in [1.165, 1.54) is 7.11 Å². The Bertz CT molecular complexity index is 577. The molecule has 23 heavy (non-hydrogen) atoms. The van der Waals surface area contributed by atoms with E-state index in [0.717, 1.165) is 5.56 Å². The molecule has 0 bridgehead atoms. The molecule has 0 amide bonds. The lowest BCUT2D eigenvalue weighted by Crippen LogP contribution is -2.57. The number of ether oxygens (including phenoxy) is 3. The van der Waals surface area contributed by atoms with Gasteiger partial charge < -0.3 is 29.5 Å². The van der Waals surface area contributed by atoms with Gasteiger partial charge in [0.2, 0.25) is 6.29 Å². The van der Waals surface area contributed by atoms with E-state index in [-0.39, 0.29) is 5.75 Å². The monoisotopic (exact) mass is 342 g/mol. The average Bonchev–Trinajstić information content (AvgIpc) is 2.56. The zero-order chi connectivity index (χ0) is 17.0. The minimum Gasteiger partial charge on any atom is -0.493 e. The van der Waals surface area contributed by atoms with E-state index in [1.807, 2.05) is 0 Å². The number of benzene rings is 1. The zero-order valence-corrected chi connectivity index (χ0v) is 13.2. The molecular formula is C15H18O7S. The Labute approximate surface area is 138 Å². The summed E-state index contributed by atoms with van der Waals surface area (Å²) in [6.45, 7) is -0.579. The second-order valence-corrected chi connectivity index (χ2v) is 5.32. The molecule has 0 aromatic heterocycles. The molecule has 8 heteroatoms. The molecule has 0 spiro atoms. The van der Waals surface area contributed by atoms with Gasteiger partial charge in [-0.2, -0.15) is 0 Å². The number of carbonyl (C=O) groups is 1. The average molecular weight is 342 g/mol. The van der Waals surface area contributed by atoms with Crippen molar-refractivity contribution in [3.05, 3.63) is 23.8 Å². The predicted octanol–water partition coefficient (Wildman–Crippen LogP) is -0.376. The molecule has 2 rings (SSSR count). The van der Waals surface area contributed by atoms with E-state index in [4.69, 9.17) is 31.5 Å². The number of methoxy groups -OCH3 is 1.